The third-order valence-electron chi connectivity index (χ3n) is 2.82. The van der Waals surface area contributed by atoms with Crippen molar-refractivity contribution in [1.82, 2.24) is 9.88 Å². The van der Waals surface area contributed by atoms with E-state index < -0.39 is 5.97 Å². The van der Waals surface area contributed by atoms with E-state index in [2.05, 4.69) is 25.8 Å². The van der Waals surface area contributed by atoms with E-state index in [9.17, 15) is 4.79 Å². The number of hydrogen-bond acceptors (Lipinski definition) is 4. The second-order valence-electron chi connectivity index (χ2n) is 6.81. The molecule has 0 aromatic carbocycles. The number of carboxylic acids is 1. The first-order valence-corrected chi connectivity index (χ1v) is 7.30. The van der Waals surface area contributed by atoms with E-state index >= 15 is 0 Å². The van der Waals surface area contributed by atoms with Crippen molar-refractivity contribution in [3.05, 3.63) is 16.1 Å². The number of aliphatic carboxylic acids is 1. The van der Waals surface area contributed by atoms with Crippen molar-refractivity contribution in [1.29, 1.82) is 0 Å². The first-order chi connectivity index (χ1) is 8.50. The Balaban J connectivity index is 2.85. The lowest BCUT2D eigenvalue weighted by Crippen LogP contribution is -2.43. The van der Waals surface area contributed by atoms with Crippen LogP contribution in [0.5, 0.6) is 0 Å². The summed E-state index contributed by atoms with van der Waals surface area (Å²) in [5.41, 5.74) is 0.803. The lowest BCUT2D eigenvalue weighted by molar-refractivity contribution is -0.139. The van der Waals surface area contributed by atoms with Crippen LogP contribution in [0.1, 0.15) is 52.2 Å². The van der Waals surface area contributed by atoms with Gasteiger partial charge in [0.15, 0.2) is 0 Å². The SMILES string of the molecule is CC(C)(C)c1nc(CN(CC(=O)O)C(C)(C)C)cs1. The van der Waals surface area contributed by atoms with Gasteiger partial charge in [-0.15, -0.1) is 11.3 Å². The molecule has 0 aliphatic carbocycles. The zero-order valence-corrected chi connectivity index (χ0v) is 13.5. The smallest absolute Gasteiger partial charge is 0.317 e. The molecule has 0 saturated carbocycles. The minimum Gasteiger partial charge on any atom is -0.480 e. The van der Waals surface area contributed by atoms with E-state index in [0.717, 1.165) is 10.7 Å². The van der Waals surface area contributed by atoms with Crippen molar-refractivity contribution >= 4 is 17.3 Å². The van der Waals surface area contributed by atoms with Crippen LogP contribution in [0.3, 0.4) is 0 Å². The second-order valence-corrected chi connectivity index (χ2v) is 7.67. The topological polar surface area (TPSA) is 53.4 Å². The van der Waals surface area contributed by atoms with Gasteiger partial charge in [0.25, 0.3) is 0 Å². The van der Waals surface area contributed by atoms with E-state index in [1.54, 1.807) is 11.3 Å². The molecule has 1 heterocycles. The summed E-state index contributed by atoms with van der Waals surface area (Å²) in [6.07, 6.45) is 0. The van der Waals surface area contributed by atoms with Gasteiger partial charge in [-0.05, 0) is 20.8 Å². The van der Waals surface area contributed by atoms with Gasteiger partial charge in [0.05, 0.1) is 17.2 Å². The van der Waals surface area contributed by atoms with Crippen LogP contribution < -0.4 is 0 Å². The van der Waals surface area contributed by atoms with Gasteiger partial charge >= 0.3 is 5.97 Å². The third kappa shape index (κ3) is 4.91. The quantitative estimate of drug-likeness (QED) is 0.923. The van der Waals surface area contributed by atoms with Crippen LogP contribution in [0.2, 0.25) is 0 Å². The van der Waals surface area contributed by atoms with Crippen molar-refractivity contribution in [2.75, 3.05) is 6.54 Å². The highest BCUT2D eigenvalue weighted by Gasteiger charge is 2.25. The molecule has 0 fully saturated rings. The molecule has 0 aliphatic rings. The zero-order chi connectivity index (χ0) is 14.8. The Morgan fingerprint density at radius 3 is 2.26 bits per heavy atom. The molecule has 1 N–H and O–H groups in total. The van der Waals surface area contributed by atoms with Crippen LogP contribution >= 0.6 is 11.3 Å². The van der Waals surface area contributed by atoms with E-state index in [-0.39, 0.29) is 17.5 Å². The number of carboxylic acid groups (broad SMARTS) is 1. The number of nitrogens with zero attached hydrogens (tertiary/aromatic N) is 2. The fraction of sp³-hybridized carbons (Fsp3) is 0.714. The Bertz CT molecular complexity index is 441. The number of aromatic nitrogens is 1. The summed E-state index contributed by atoms with van der Waals surface area (Å²) in [6.45, 7) is 13.1. The Kier molecular flexibility index (Phi) is 4.74. The molecule has 0 bridgehead atoms. The molecule has 0 aliphatic heterocycles. The van der Waals surface area contributed by atoms with E-state index in [4.69, 9.17) is 5.11 Å². The monoisotopic (exact) mass is 284 g/mol. The van der Waals surface area contributed by atoms with E-state index in [0.29, 0.717) is 6.54 Å². The van der Waals surface area contributed by atoms with Crippen LogP contribution in [0.15, 0.2) is 5.38 Å². The largest absolute Gasteiger partial charge is 0.480 e. The number of hydrogen-bond donors (Lipinski definition) is 1. The highest BCUT2D eigenvalue weighted by molar-refractivity contribution is 7.09. The standard InChI is InChI=1S/C14H24N2O2S/c1-13(2,3)12-15-10(9-19-12)7-16(8-11(17)18)14(4,5)6/h9H,7-8H2,1-6H3,(H,17,18). The van der Waals surface area contributed by atoms with Gasteiger partial charge in [0, 0.05) is 22.9 Å². The molecular formula is C14H24N2O2S. The minimum atomic E-state index is -0.804. The van der Waals surface area contributed by atoms with Crippen molar-refractivity contribution in [2.24, 2.45) is 0 Å². The summed E-state index contributed by atoms with van der Waals surface area (Å²) in [4.78, 5) is 17.5. The Morgan fingerprint density at radius 1 is 1.32 bits per heavy atom. The van der Waals surface area contributed by atoms with Crippen LogP contribution in [-0.2, 0) is 16.8 Å². The Morgan fingerprint density at radius 2 is 1.89 bits per heavy atom. The molecule has 1 aromatic rings. The summed E-state index contributed by atoms with van der Waals surface area (Å²) in [5.74, 6) is -0.804. The molecule has 0 spiro atoms. The number of thiazole rings is 1. The van der Waals surface area contributed by atoms with Crippen molar-refractivity contribution in [3.8, 4) is 0 Å². The fourth-order valence-corrected chi connectivity index (χ4v) is 2.51. The molecule has 0 radical (unpaired) electrons. The van der Waals surface area contributed by atoms with Gasteiger partial charge in [0.1, 0.15) is 0 Å². The van der Waals surface area contributed by atoms with Crippen molar-refractivity contribution in [3.63, 3.8) is 0 Å². The first-order valence-electron chi connectivity index (χ1n) is 6.42. The predicted octanol–water partition coefficient (Wildman–Crippen LogP) is 3.13. The Labute approximate surface area is 119 Å². The molecule has 0 saturated heterocycles. The van der Waals surface area contributed by atoms with Gasteiger partial charge in [-0.25, -0.2) is 4.98 Å². The van der Waals surface area contributed by atoms with Crippen LogP contribution in [0, 0.1) is 0 Å². The van der Waals surface area contributed by atoms with Crippen LogP contribution in [0.4, 0.5) is 0 Å². The molecule has 108 valence electrons. The van der Waals surface area contributed by atoms with Crippen LogP contribution in [-0.4, -0.2) is 33.0 Å². The lowest BCUT2D eigenvalue weighted by atomic mass is 9.98. The molecule has 5 heteroatoms. The Hall–Kier alpha value is -0.940. The highest BCUT2D eigenvalue weighted by Crippen LogP contribution is 2.27. The van der Waals surface area contributed by atoms with Crippen molar-refractivity contribution < 1.29 is 9.90 Å². The zero-order valence-electron chi connectivity index (χ0n) is 12.6. The molecular weight excluding hydrogens is 260 g/mol. The highest BCUT2D eigenvalue weighted by atomic mass is 32.1. The maximum absolute atomic E-state index is 11.0. The maximum atomic E-state index is 11.0. The average molecular weight is 284 g/mol. The van der Waals surface area contributed by atoms with Gasteiger partial charge in [0.2, 0.25) is 0 Å². The van der Waals surface area contributed by atoms with Gasteiger partial charge in [-0.2, -0.15) is 0 Å². The number of carbonyl (C=O) groups is 1. The fourth-order valence-electron chi connectivity index (χ4n) is 1.61. The van der Waals surface area contributed by atoms with Gasteiger partial charge in [-0.1, -0.05) is 20.8 Å². The molecule has 4 nitrogen and oxygen atoms in total. The molecule has 19 heavy (non-hydrogen) atoms. The summed E-state index contributed by atoms with van der Waals surface area (Å²) in [6, 6.07) is 0. The first kappa shape index (κ1) is 16.1. The molecule has 1 rings (SSSR count). The summed E-state index contributed by atoms with van der Waals surface area (Å²) < 4.78 is 0. The summed E-state index contributed by atoms with van der Waals surface area (Å²) >= 11 is 1.64. The van der Waals surface area contributed by atoms with E-state index in [1.807, 2.05) is 31.1 Å². The summed E-state index contributed by atoms with van der Waals surface area (Å²) in [5, 5.41) is 12.1. The average Bonchev–Trinajstić information content (AvgIpc) is 2.62. The molecule has 0 amide bonds. The molecule has 0 unspecified atom stereocenters. The van der Waals surface area contributed by atoms with Gasteiger partial charge in [-0.3, -0.25) is 9.69 Å². The second kappa shape index (κ2) is 5.59. The van der Waals surface area contributed by atoms with Crippen molar-refractivity contribution in [2.45, 2.75) is 59.0 Å². The van der Waals surface area contributed by atoms with Gasteiger partial charge < -0.3 is 5.11 Å². The molecule has 1 aromatic heterocycles. The normalized spacial score (nSPS) is 13.0. The van der Waals surface area contributed by atoms with E-state index in [1.165, 1.54) is 0 Å². The maximum Gasteiger partial charge on any atom is 0.317 e. The molecule has 0 atom stereocenters. The van der Waals surface area contributed by atoms with Crippen LogP contribution in [0.25, 0.3) is 0 Å². The minimum absolute atomic E-state index is 0.0336. The predicted molar refractivity (Wildman–Crippen MR) is 78.6 cm³/mol. The lowest BCUT2D eigenvalue weighted by Gasteiger charge is -2.33. The summed E-state index contributed by atoms with van der Waals surface area (Å²) in [7, 11) is 0. The third-order valence-corrected chi connectivity index (χ3v) is 4.14. The number of rotatable bonds is 4.